The van der Waals surface area contributed by atoms with Crippen molar-refractivity contribution in [1.82, 2.24) is 0 Å². The Labute approximate surface area is 80.3 Å². The molecule has 0 heteroatoms. The van der Waals surface area contributed by atoms with E-state index in [0.717, 1.165) is 11.8 Å². The molecule has 1 aliphatic rings. The van der Waals surface area contributed by atoms with Gasteiger partial charge in [0.2, 0.25) is 0 Å². The van der Waals surface area contributed by atoms with Crippen LogP contribution in [0.3, 0.4) is 0 Å². The predicted octanol–water partition coefficient (Wildman–Crippen LogP) is 3.76. The average Bonchev–Trinajstić information content (AvgIpc) is 2.20. The molecule has 1 aromatic carbocycles. The summed E-state index contributed by atoms with van der Waals surface area (Å²) in [5.74, 6) is 1.54. The molecule has 13 heavy (non-hydrogen) atoms. The molecule has 1 aromatic rings. The standard InChI is InChI=1S/C13H16/c1-11-7-5-6-10-13(11)12-8-3-2-4-9-12/h2-6,8-9,11,13H,7,10H2,1H3/t11-,13+/m1/s1. The molecule has 0 amide bonds. The van der Waals surface area contributed by atoms with E-state index in [0.29, 0.717) is 0 Å². The molecule has 0 N–H and O–H groups in total. The second-order valence-electron chi connectivity index (χ2n) is 3.94. The summed E-state index contributed by atoms with van der Waals surface area (Å²) in [6.45, 7) is 2.35. The first-order valence-electron chi connectivity index (χ1n) is 5.08. The summed E-state index contributed by atoms with van der Waals surface area (Å²) in [7, 11) is 0. The summed E-state index contributed by atoms with van der Waals surface area (Å²) in [5.41, 5.74) is 1.50. The molecule has 0 radical (unpaired) electrons. The van der Waals surface area contributed by atoms with Crippen molar-refractivity contribution in [3.05, 3.63) is 48.0 Å². The Balaban J connectivity index is 2.21. The van der Waals surface area contributed by atoms with Crippen LogP contribution in [0.2, 0.25) is 0 Å². The summed E-state index contributed by atoms with van der Waals surface area (Å²) in [6.07, 6.45) is 7.08. The van der Waals surface area contributed by atoms with Gasteiger partial charge in [-0.15, -0.1) is 0 Å². The van der Waals surface area contributed by atoms with Crippen LogP contribution >= 0.6 is 0 Å². The first-order chi connectivity index (χ1) is 6.38. The van der Waals surface area contributed by atoms with Crippen molar-refractivity contribution >= 4 is 0 Å². The molecule has 0 heterocycles. The first kappa shape index (κ1) is 8.55. The van der Waals surface area contributed by atoms with Crippen LogP contribution in [-0.2, 0) is 0 Å². The van der Waals surface area contributed by atoms with Crippen LogP contribution in [0.1, 0.15) is 31.2 Å². The quantitative estimate of drug-likeness (QED) is 0.566. The lowest BCUT2D eigenvalue weighted by atomic mass is 9.80. The molecule has 1 aliphatic carbocycles. The zero-order valence-electron chi connectivity index (χ0n) is 8.11. The van der Waals surface area contributed by atoms with Gasteiger partial charge in [0.25, 0.3) is 0 Å². The van der Waals surface area contributed by atoms with Crippen molar-refractivity contribution in [3.63, 3.8) is 0 Å². The van der Waals surface area contributed by atoms with E-state index in [1.54, 1.807) is 0 Å². The third-order valence-corrected chi connectivity index (χ3v) is 2.98. The van der Waals surface area contributed by atoms with Crippen LogP contribution in [0.25, 0.3) is 0 Å². The lowest BCUT2D eigenvalue weighted by Gasteiger charge is -2.25. The van der Waals surface area contributed by atoms with Crippen LogP contribution < -0.4 is 0 Å². The van der Waals surface area contributed by atoms with Crippen LogP contribution in [0, 0.1) is 5.92 Å². The Morgan fingerprint density at radius 1 is 1.00 bits per heavy atom. The van der Waals surface area contributed by atoms with E-state index in [-0.39, 0.29) is 0 Å². The van der Waals surface area contributed by atoms with Crippen molar-refractivity contribution in [2.24, 2.45) is 5.92 Å². The Hall–Kier alpha value is -1.04. The highest BCUT2D eigenvalue weighted by atomic mass is 14.2. The van der Waals surface area contributed by atoms with Crippen LogP contribution in [-0.4, -0.2) is 0 Å². The summed E-state index contributed by atoms with van der Waals surface area (Å²) in [5, 5.41) is 0. The molecular weight excluding hydrogens is 156 g/mol. The summed E-state index contributed by atoms with van der Waals surface area (Å²) in [4.78, 5) is 0. The van der Waals surface area contributed by atoms with Gasteiger partial charge in [0.05, 0.1) is 0 Å². The monoisotopic (exact) mass is 172 g/mol. The molecule has 0 saturated heterocycles. The Bertz CT molecular complexity index is 284. The van der Waals surface area contributed by atoms with Crippen LogP contribution in [0.15, 0.2) is 42.5 Å². The molecular formula is C13H16. The van der Waals surface area contributed by atoms with Gasteiger partial charge in [-0.2, -0.15) is 0 Å². The van der Waals surface area contributed by atoms with E-state index in [1.165, 1.54) is 18.4 Å². The molecule has 0 saturated carbocycles. The molecule has 0 aromatic heterocycles. The van der Waals surface area contributed by atoms with E-state index in [4.69, 9.17) is 0 Å². The van der Waals surface area contributed by atoms with Gasteiger partial charge in [-0.1, -0.05) is 49.4 Å². The van der Waals surface area contributed by atoms with E-state index in [2.05, 4.69) is 49.4 Å². The smallest absolute Gasteiger partial charge is 0.00987 e. The fourth-order valence-corrected chi connectivity index (χ4v) is 2.12. The van der Waals surface area contributed by atoms with Gasteiger partial charge in [0.1, 0.15) is 0 Å². The molecule has 68 valence electrons. The SMILES string of the molecule is C[C@@H]1CC=CC[C@@H]1c1ccccc1. The number of rotatable bonds is 1. The summed E-state index contributed by atoms with van der Waals surface area (Å²) in [6, 6.07) is 10.9. The maximum atomic E-state index is 2.35. The molecule has 2 rings (SSSR count). The van der Waals surface area contributed by atoms with Gasteiger partial charge in [0.15, 0.2) is 0 Å². The molecule has 0 bridgehead atoms. The minimum Gasteiger partial charge on any atom is -0.0882 e. The maximum Gasteiger partial charge on any atom is -0.00987 e. The predicted molar refractivity (Wildman–Crippen MR) is 56.7 cm³/mol. The molecule has 0 spiro atoms. The van der Waals surface area contributed by atoms with Crippen molar-refractivity contribution in [2.45, 2.75) is 25.7 Å². The fourth-order valence-electron chi connectivity index (χ4n) is 2.12. The van der Waals surface area contributed by atoms with E-state index in [9.17, 15) is 0 Å². The Morgan fingerprint density at radius 3 is 2.38 bits per heavy atom. The highest BCUT2D eigenvalue weighted by Crippen LogP contribution is 2.33. The van der Waals surface area contributed by atoms with Gasteiger partial charge in [0, 0.05) is 0 Å². The topological polar surface area (TPSA) is 0 Å². The third kappa shape index (κ3) is 1.82. The lowest BCUT2D eigenvalue weighted by Crippen LogP contribution is -2.11. The normalized spacial score (nSPS) is 27.5. The van der Waals surface area contributed by atoms with Crippen LogP contribution in [0.4, 0.5) is 0 Å². The Morgan fingerprint density at radius 2 is 1.69 bits per heavy atom. The second-order valence-corrected chi connectivity index (χ2v) is 3.94. The molecule has 0 fully saturated rings. The Kier molecular flexibility index (Phi) is 2.49. The minimum absolute atomic E-state index is 0.742. The maximum absolute atomic E-state index is 2.35. The third-order valence-electron chi connectivity index (χ3n) is 2.98. The highest BCUT2D eigenvalue weighted by molar-refractivity contribution is 5.22. The van der Waals surface area contributed by atoms with E-state index >= 15 is 0 Å². The zero-order chi connectivity index (χ0) is 9.10. The van der Waals surface area contributed by atoms with Gasteiger partial charge in [-0.3, -0.25) is 0 Å². The number of hydrogen-bond acceptors (Lipinski definition) is 0. The van der Waals surface area contributed by atoms with Gasteiger partial charge in [-0.25, -0.2) is 0 Å². The zero-order valence-corrected chi connectivity index (χ0v) is 8.11. The number of hydrogen-bond donors (Lipinski definition) is 0. The average molecular weight is 172 g/mol. The first-order valence-corrected chi connectivity index (χ1v) is 5.08. The molecule has 2 atom stereocenters. The summed E-state index contributed by atoms with van der Waals surface area (Å²) >= 11 is 0. The number of allylic oxidation sites excluding steroid dienone is 2. The van der Waals surface area contributed by atoms with Crippen molar-refractivity contribution in [1.29, 1.82) is 0 Å². The van der Waals surface area contributed by atoms with E-state index in [1.807, 2.05) is 0 Å². The van der Waals surface area contributed by atoms with Crippen molar-refractivity contribution in [3.8, 4) is 0 Å². The second kappa shape index (κ2) is 3.78. The largest absolute Gasteiger partial charge is 0.0882 e. The lowest BCUT2D eigenvalue weighted by molar-refractivity contribution is 0.449. The van der Waals surface area contributed by atoms with Gasteiger partial charge >= 0.3 is 0 Å². The number of benzene rings is 1. The fraction of sp³-hybridized carbons (Fsp3) is 0.385. The molecule has 0 nitrogen and oxygen atoms in total. The van der Waals surface area contributed by atoms with Gasteiger partial charge < -0.3 is 0 Å². The molecule has 0 unspecified atom stereocenters. The minimum atomic E-state index is 0.742. The van der Waals surface area contributed by atoms with E-state index < -0.39 is 0 Å². The molecule has 0 aliphatic heterocycles. The van der Waals surface area contributed by atoms with Crippen LogP contribution in [0.5, 0.6) is 0 Å². The van der Waals surface area contributed by atoms with Crippen molar-refractivity contribution in [2.75, 3.05) is 0 Å². The highest BCUT2D eigenvalue weighted by Gasteiger charge is 2.19. The van der Waals surface area contributed by atoms with Gasteiger partial charge in [-0.05, 0) is 30.2 Å². The summed E-state index contributed by atoms with van der Waals surface area (Å²) < 4.78 is 0. The van der Waals surface area contributed by atoms with Crippen molar-refractivity contribution < 1.29 is 0 Å².